The summed E-state index contributed by atoms with van der Waals surface area (Å²) >= 11 is 0. The number of nitrogens with zero attached hydrogens (tertiary/aromatic N) is 5. The predicted octanol–water partition coefficient (Wildman–Crippen LogP) is 10.8. The van der Waals surface area contributed by atoms with E-state index in [-0.39, 0.29) is 0 Å². The Balaban J connectivity index is 1.23. The van der Waals surface area contributed by atoms with E-state index in [4.69, 9.17) is 0 Å². The van der Waals surface area contributed by atoms with Crippen molar-refractivity contribution in [2.45, 2.75) is 0 Å². The summed E-state index contributed by atoms with van der Waals surface area (Å²) in [5.74, 6) is 0. The Labute approximate surface area is 287 Å². The van der Waals surface area contributed by atoms with Crippen LogP contribution in [0, 0.1) is 34.0 Å². The summed E-state index contributed by atoms with van der Waals surface area (Å²) in [7, 11) is 0. The Bertz CT molecular complexity index is 2970. The first-order valence-electron chi connectivity index (χ1n) is 16.3. The molecule has 5 heteroatoms. The van der Waals surface area contributed by atoms with Crippen LogP contribution in [0.3, 0.4) is 0 Å². The lowest BCUT2D eigenvalue weighted by atomic mass is 9.94. The van der Waals surface area contributed by atoms with Gasteiger partial charge in [0.05, 0.1) is 62.7 Å². The zero-order valence-corrected chi connectivity index (χ0v) is 26.7. The number of fused-ring (bicyclic) bond motifs is 6. The van der Waals surface area contributed by atoms with Crippen LogP contribution >= 0.6 is 0 Å². The molecule has 2 heterocycles. The molecule has 9 rings (SSSR count). The minimum atomic E-state index is 0.588. The summed E-state index contributed by atoms with van der Waals surface area (Å²) in [6.45, 7) is 0. The van der Waals surface area contributed by atoms with Crippen LogP contribution in [0.15, 0.2) is 152 Å². The van der Waals surface area contributed by atoms with Crippen LogP contribution < -0.4 is 0 Å². The summed E-state index contributed by atoms with van der Waals surface area (Å²) in [6, 6.07) is 57.9. The minimum Gasteiger partial charge on any atom is -0.309 e. The van der Waals surface area contributed by atoms with Gasteiger partial charge in [-0.05, 0) is 90.0 Å². The Kier molecular flexibility index (Phi) is 6.56. The molecule has 5 nitrogen and oxygen atoms in total. The lowest BCUT2D eigenvalue weighted by Gasteiger charge is -2.16. The first-order valence-corrected chi connectivity index (χ1v) is 16.3. The van der Waals surface area contributed by atoms with Crippen molar-refractivity contribution in [3.05, 3.63) is 168 Å². The predicted molar refractivity (Wildman–Crippen MR) is 200 cm³/mol. The van der Waals surface area contributed by atoms with Gasteiger partial charge in [0.25, 0.3) is 0 Å². The fourth-order valence-corrected chi connectivity index (χ4v) is 7.40. The van der Waals surface area contributed by atoms with E-state index in [2.05, 4.69) is 88.0 Å². The van der Waals surface area contributed by atoms with E-state index in [9.17, 15) is 15.8 Å². The largest absolute Gasteiger partial charge is 0.309 e. The van der Waals surface area contributed by atoms with Gasteiger partial charge < -0.3 is 9.13 Å². The molecule has 0 atom stereocenters. The van der Waals surface area contributed by atoms with Gasteiger partial charge in [-0.3, -0.25) is 0 Å². The van der Waals surface area contributed by atoms with Crippen LogP contribution in [0.5, 0.6) is 0 Å². The molecule has 7 aromatic carbocycles. The van der Waals surface area contributed by atoms with E-state index in [1.165, 1.54) is 0 Å². The first-order chi connectivity index (χ1) is 24.7. The van der Waals surface area contributed by atoms with E-state index in [1.807, 2.05) is 91.0 Å². The van der Waals surface area contributed by atoms with Crippen molar-refractivity contribution in [1.82, 2.24) is 9.13 Å². The summed E-state index contributed by atoms with van der Waals surface area (Å²) in [6.07, 6.45) is 0. The van der Waals surface area contributed by atoms with Crippen molar-refractivity contribution in [1.29, 1.82) is 15.8 Å². The third-order valence-corrected chi connectivity index (χ3v) is 9.61. The highest BCUT2D eigenvalue weighted by Crippen LogP contribution is 2.39. The van der Waals surface area contributed by atoms with Gasteiger partial charge >= 0.3 is 0 Å². The average Bonchev–Trinajstić information content (AvgIpc) is 3.69. The molecule has 50 heavy (non-hydrogen) atoms. The van der Waals surface area contributed by atoms with Crippen molar-refractivity contribution in [2.75, 3.05) is 0 Å². The monoisotopic (exact) mass is 635 g/mol. The summed E-state index contributed by atoms with van der Waals surface area (Å²) in [4.78, 5) is 0. The molecule has 0 spiro atoms. The van der Waals surface area contributed by atoms with Crippen LogP contribution in [-0.4, -0.2) is 9.13 Å². The van der Waals surface area contributed by atoms with Gasteiger partial charge in [0.2, 0.25) is 0 Å². The molecule has 9 aromatic rings. The van der Waals surface area contributed by atoms with Crippen molar-refractivity contribution in [3.8, 4) is 51.8 Å². The Morgan fingerprint density at radius 1 is 0.380 bits per heavy atom. The van der Waals surface area contributed by atoms with Gasteiger partial charge in [0, 0.05) is 38.4 Å². The van der Waals surface area contributed by atoms with Crippen molar-refractivity contribution in [3.63, 3.8) is 0 Å². The summed E-state index contributed by atoms with van der Waals surface area (Å²) < 4.78 is 4.49. The molecule has 0 saturated heterocycles. The molecular weight excluding hydrogens is 611 g/mol. The zero-order valence-electron chi connectivity index (χ0n) is 26.7. The standard InChI is InChI=1S/C45H25N5/c46-26-29-16-20-44-39(22-29)36-11-2-5-14-42(36)49(44)34-9-7-8-31(24-34)38-25-32(18-19-33(38)28-48)35-10-1-4-13-41(35)50-43-15-6-3-12-37(43)40-23-30(27-47)17-21-45(40)50/h1-25H. The average molecular weight is 636 g/mol. The molecule has 0 unspecified atom stereocenters. The molecule has 0 radical (unpaired) electrons. The maximum absolute atomic E-state index is 10.3. The van der Waals surface area contributed by atoms with Gasteiger partial charge in [0.1, 0.15) is 0 Å². The quantitative estimate of drug-likeness (QED) is 0.193. The minimum absolute atomic E-state index is 0.588. The number of para-hydroxylation sites is 3. The number of nitriles is 3. The first kappa shape index (κ1) is 28.8. The molecule has 0 aliphatic heterocycles. The Hall–Kier alpha value is -7.39. The van der Waals surface area contributed by atoms with Gasteiger partial charge in [-0.1, -0.05) is 72.8 Å². The van der Waals surface area contributed by atoms with E-state index in [1.54, 1.807) is 0 Å². The van der Waals surface area contributed by atoms with Gasteiger partial charge in [-0.25, -0.2) is 0 Å². The SMILES string of the molecule is N#Cc1ccc2c(c1)c1ccccc1n2-c1cccc(-c2cc(-c3ccccc3-n3c4ccccc4c4cc(C#N)ccc43)ccc2C#N)c1. The molecule has 0 saturated carbocycles. The van der Waals surface area contributed by atoms with Crippen LogP contribution in [0.25, 0.3) is 77.2 Å². The lowest BCUT2D eigenvalue weighted by Crippen LogP contribution is -1.98. The second-order valence-electron chi connectivity index (χ2n) is 12.3. The maximum Gasteiger partial charge on any atom is 0.0998 e. The molecule has 0 N–H and O–H groups in total. The number of hydrogen-bond donors (Lipinski definition) is 0. The van der Waals surface area contributed by atoms with Crippen molar-refractivity contribution in [2.24, 2.45) is 0 Å². The molecule has 230 valence electrons. The molecule has 0 aliphatic rings. The van der Waals surface area contributed by atoms with E-state index < -0.39 is 0 Å². The molecule has 0 aliphatic carbocycles. The third kappa shape index (κ3) is 4.38. The fraction of sp³-hybridized carbons (Fsp3) is 0. The van der Waals surface area contributed by atoms with Gasteiger partial charge in [-0.15, -0.1) is 0 Å². The molecule has 2 aromatic heterocycles. The number of rotatable bonds is 4. The lowest BCUT2D eigenvalue weighted by molar-refractivity contribution is 1.18. The number of hydrogen-bond acceptors (Lipinski definition) is 3. The zero-order chi connectivity index (χ0) is 33.8. The number of aromatic nitrogens is 2. The molecule has 0 amide bonds. The van der Waals surface area contributed by atoms with Crippen molar-refractivity contribution < 1.29 is 0 Å². The summed E-state index contributed by atoms with van der Waals surface area (Å²) in [5, 5.41) is 33.8. The molecular formula is C45H25N5. The summed E-state index contributed by atoms with van der Waals surface area (Å²) in [5.41, 5.74) is 11.7. The highest BCUT2D eigenvalue weighted by molar-refractivity contribution is 6.11. The normalized spacial score (nSPS) is 11.1. The molecule has 0 bridgehead atoms. The second-order valence-corrected chi connectivity index (χ2v) is 12.3. The Morgan fingerprint density at radius 3 is 1.64 bits per heavy atom. The van der Waals surface area contributed by atoms with E-state index in [0.29, 0.717) is 16.7 Å². The highest BCUT2D eigenvalue weighted by Gasteiger charge is 2.18. The van der Waals surface area contributed by atoms with Crippen LogP contribution in [0.4, 0.5) is 0 Å². The van der Waals surface area contributed by atoms with Gasteiger partial charge in [0.15, 0.2) is 0 Å². The number of benzene rings is 7. The second kappa shape index (κ2) is 11.4. The van der Waals surface area contributed by atoms with Crippen molar-refractivity contribution >= 4 is 43.6 Å². The van der Waals surface area contributed by atoms with E-state index >= 15 is 0 Å². The van der Waals surface area contributed by atoms with Gasteiger partial charge in [-0.2, -0.15) is 15.8 Å². The fourth-order valence-electron chi connectivity index (χ4n) is 7.40. The Morgan fingerprint density at radius 2 is 0.960 bits per heavy atom. The van der Waals surface area contributed by atoms with Crippen LogP contribution in [-0.2, 0) is 0 Å². The molecule has 0 fully saturated rings. The third-order valence-electron chi connectivity index (χ3n) is 9.61. The maximum atomic E-state index is 10.3. The smallest absolute Gasteiger partial charge is 0.0998 e. The van der Waals surface area contributed by atoms with Crippen LogP contribution in [0.1, 0.15) is 16.7 Å². The van der Waals surface area contributed by atoms with Crippen LogP contribution in [0.2, 0.25) is 0 Å². The van der Waals surface area contributed by atoms with E-state index in [0.717, 1.165) is 77.2 Å². The topological polar surface area (TPSA) is 81.2 Å². The highest BCUT2D eigenvalue weighted by atomic mass is 15.0.